The number of carbonyl (C=O) groups is 1. The lowest BCUT2D eigenvalue weighted by Gasteiger charge is -2.13. The van der Waals surface area contributed by atoms with E-state index < -0.39 is 28.6 Å². The molecule has 0 aromatic heterocycles. The first-order valence-electron chi connectivity index (χ1n) is 4.98. The molecule has 0 saturated carbocycles. The van der Waals surface area contributed by atoms with Gasteiger partial charge in [-0.2, -0.15) is 4.72 Å². The maximum absolute atomic E-state index is 11.9. The van der Waals surface area contributed by atoms with E-state index in [0.29, 0.717) is 0 Å². The van der Waals surface area contributed by atoms with Gasteiger partial charge in [-0.15, -0.1) is 0 Å². The predicted molar refractivity (Wildman–Crippen MR) is 64.9 cm³/mol. The lowest BCUT2D eigenvalue weighted by atomic mass is 10.2. The molecule has 0 aliphatic heterocycles. The summed E-state index contributed by atoms with van der Waals surface area (Å²) < 4.78 is 25.7. The Morgan fingerprint density at radius 2 is 2.11 bits per heavy atom. The number of benzene rings is 1. The first-order chi connectivity index (χ1) is 8.36. The summed E-state index contributed by atoms with van der Waals surface area (Å²) in [5.74, 6) is -1.35. The summed E-state index contributed by atoms with van der Waals surface area (Å²) in [7, 11) is -3.98. The fraction of sp³-hybridized carbons (Fsp3) is 0.300. The third-order valence-electron chi connectivity index (χ3n) is 2.12. The van der Waals surface area contributed by atoms with E-state index in [0.717, 1.165) is 0 Å². The third kappa shape index (κ3) is 3.95. The van der Waals surface area contributed by atoms with Gasteiger partial charge in [0, 0.05) is 11.6 Å². The average molecular weight is 294 g/mol. The lowest BCUT2D eigenvalue weighted by molar-refractivity contribution is -0.139. The number of sulfonamides is 1. The number of halogens is 1. The number of aliphatic hydroxyl groups excluding tert-OH is 1. The van der Waals surface area contributed by atoms with E-state index in [1.54, 1.807) is 0 Å². The van der Waals surface area contributed by atoms with E-state index in [-0.39, 0.29) is 16.3 Å². The Morgan fingerprint density at radius 1 is 1.44 bits per heavy atom. The van der Waals surface area contributed by atoms with Crippen molar-refractivity contribution in [1.29, 1.82) is 0 Å². The largest absolute Gasteiger partial charge is 0.480 e. The van der Waals surface area contributed by atoms with E-state index >= 15 is 0 Å². The van der Waals surface area contributed by atoms with Crippen LogP contribution in [0, 0.1) is 0 Å². The highest BCUT2D eigenvalue weighted by Crippen LogP contribution is 2.15. The molecule has 1 atom stereocenters. The number of hydrogen-bond donors (Lipinski definition) is 3. The van der Waals surface area contributed by atoms with Gasteiger partial charge in [0.05, 0.1) is 4.90 Å². The highest BCUT2D eigenvalue weighted by molar-refractivity contribution is 7.89. The molecule has 8 heteroatoms. The van der Waals surface area contributed by atoms with Crippen molar-refractivity contribution in [3.05, 3.63) is 29.3 Å². The molecule has 0 heterocycles. The maximum Gasteiger partial charge on any atom is 0.321 e. The van der Waals surface area contributed by atoms with Crippen LogP contribution in [0.5, 0.6) is 0 Å². The van der Waals surface area contributed by atoms with Crippen LogP contribution < -0.4 is 4.72 Å². The summed E-state index contributed by atoms with van der Waals surface area (Å²) in [6.07, 6.45) is -0.213. The molecule has 0 aliphatic carbocycles. The second-order valence-corrected chi connectivity index (χ2v) is 5.63. The highest BCUT2D eigenvalue weighted by atomic mass is 35.5. The molecule has 18 heavy (non-hydrogen) atoms. The average Bonchev–Trinajstić information content (AvgIpc) is 2.28. The van der Waals surface area contributed by atoms with Crippen LogP contribution >= 0.6 is 11.6 Å². The van der Waals surface area contributed by atoms with Gasteiger partial charge in [0.15, 0.2) is 0 Å². The van der Waals surface area contributed by atoms with Crippen LogP contribution in [-0.2, 0) is 14.8 Å². The minimum atomic E-state index is -3.98. The van der Waals surface area contributed by atoms with Gasteiger partial charge in [-0.1, -0.05) is 17.7 Å². The van der Waals surface area contributed by atoms with Gasteiger partial charge in [-0.05, 0) is 24.6 Å². The van der Waals surface area contributed by atoms with Crippen molar-refractivity contribution in [2.45, 2.75) is 17.4 Å². The molecule has 1 aromatic carbocycles. The van der Waals surface area contributed by atoms with Gasteiger partial charge in [0.2, 0.25) is 10.0 Å². The second kappa shape index (κ2) is 6.14. The van der Waals surface area contributed by atoms with Crippen molar-refractivity contribution in [3.63, 3.8) is 0 Å². The van der Waals surface area contributed by atoms with E-state index in [1.807, 2.05) is 4.72 Å². The Hall–Kier alpha value is -1.15. The van der Waals surface area contributed by atoms with Crippen LogP contribution in [0.3, 0.4) is 0 Å². The number of carboxylic acid groups (broad SMARTS) is 1. The molecule has 0 fully saturated rings. The summed E-state index contributed by atoms with van der Waals surface area (Å²) in [6.45, 7) is -0.435. The Kier molecular flexibility index (Phi) is 5.09. The Morgan fingerprint density at radius 3 is 2.61 bits per heavy atom. The second-order valence-electron chi connectivity index (χ2n) is 3.48. The summed E-state index contributed by atoms with van der Waals surface area (Å²) in [4.78, 5) is 10.7. The number of rotatable bonds is 6. The standard InChI is InChI=1S/C10H12ClNO5S/c11-7-2-1-3-8(6-7)18(16,17)12-9(4-5-13)10(14)15/h1-3,6,9,12-13H,4-5H2,(H,14,15)/t9-/m1/s1. The SMILES string of the molecule is O=C(O)[C@@H](CCO)NS(=O)(=O)c1cccc(Cl)c1. The fourth-order valence-corrected chi connectivity index (χ4v) is 2.78. The number of carboxylic acids is 1. The minimum Gasteiger partial charge on any atom is -0.480 e. The zero-order chi connectivity index (χ0) is 13.8. The monoisotopic (exact) mass is 293 g/mol. The molecule has 1 rings (SSSR count). The van der Waals surface area contributed by atoms with Crippen LogP contribution in [0.4, 0.5) is 0 Å². The number of nitrogens with one attached hydrogen (secondary N) is 1. The van der Waals surface area contributed by atoms with Crippen molar-refractivity contribution in [2.24, 2.45) is 0 Å². The first-order valence-corrected chi connectivity index (χ1v) is 6.84. The van der Waals surface area contributed by atoms with E-state index in [9.17, 15) is 13.2 Å². The minimum absolute atomic E-state index is 0.126. The van der Waals surface area contributed by atoms with Crippen LogP contribution in [-0.4, -0.2) is 37.2 Å². The van der Waals surface area contributed by atoms with Crippen LogP contribution in [0.2, 0.25) is 5.02 Å². The van der Waals surface area contributed by atoms with E-state index in [1.165, 1.54) is 24.3 Å². The van der Waals surface area contributed by atoms with Gasteiger partial charge in [0.25, 0.3) is 0 Å². The molecule has 0 radical (unpaired) electrons. The quantitative estimate of drug-likeness (QED) is 0.707. The molecular weight excluding hydrogens is 282 g/mol. The molecule has 0 amide bonds. The van der Waals surface area contributed by atoms with Crippen LogP contribution in [0.15, 0.2) is 29.2 Å². The Labute approximate surface area is 109 Å². The molecule has 0 unspecified atom stereocenters. The Bertz CT molecular complexity index is 531. The van der Waals surface area contributed by atoms with Gasteiger partial charge < -0.3 is 10.2 Å². The topological polar surface area (TPSA) is 104 Å². The molecule has 0 bridgehead atoms. The number of aliphatic carboxylic acids is 1. The number of hydrogen-bond acceptors (Lipinski definition) is 4. The van der Waals surface area contributed by atoms with Crippen molar-refractivity contribution in [2.75, 3.05) is 6.61 Å². The molecule has 3 N–H and O–H groups in total. The summed E-state index contributed by atoms with van der Waals surface area (Å²) in [5, 5.41) is 17.7. The van der Waals surface area contributed by atoms with Gasteiger partial charge in [-0.25, -0.2) is 8.42 Å². The molecule has 100 valence electrons. The van der Waals surface area contributed by atoms with Crippen molar-refractivity contribution >= 4 is 27.6 Å². The van der Waals surface area contributed by atoms with Crippen molar-refractivity contribution < 1.29 is 23.4 Å². The number of aliphatic hydroxyl groups is 1. The summed E-state index contributed by atoms with van der Waals surface area (Å²) in [5.41, 5.74) is 0. The van der Waals surface area contributed by atoms with Crippen molar-refractivity contribution in [3.8, 4) is 0 Å². The summed E-state index contributed by atoms with van der Waals surface area (Å²) >= 11 is 5.66. The molecule has 0 spiro atoms. The predicted octanol–water partition coefficient (Wildman–Crippen LogP) is 0.454. The molecule has 0 saturated heterocycles. The normalized spacial score (nSPS) is 13.2. The van der Waals surface area contributed by atoms with E-state index in [4.69, 9.17) is 21.8 Å². The molecule has 0 aliphatic rings. The summed E-state index contributed by atoms with van der Waals surface area (Å²) in [6, 6.07) is 4.08. The van der Waals surface area contributed by atoms with Gasteiger partial charge in [0.1, 0.15) is 6.04 Å². The van der Waals surface area contributed by atoms with Gasteiger partial charge in [-0.3, -0.25) is 4.79 Å². The zero-order valence-electron chi connectivity index (χ0n) is 9.21. The first kappa shape index (κ1) is 14.9. The molecule has 1 aromatic rings. The third-order valence-corrected chi connectivity index (χ3v) is 3.82. The maximum atomic E-state index is 11.9. The highest BCUT2D eigenvalue weighted by Gasteiger charge is 2.24. The molecule has 6 nitrogen and oxygen atoms in total. The molecular formula is C10H12ClNO5S. The van der Waals surface area contributed by atoms with Crippen molar-refractivity contribution in [1.82, 2.24) is 4.72 Å². The smallest absolute Gasteiger partial charge is 0.321 e. The lowest BCUT2D eigenvalue weighted by Crippen LogP contribution is -2.41. The fourth-order valence-electron chi connectivity index (χ4n) is 1.25. The van der Waals surface area contributed by atoms with Crippen LogP contribution in [0.25, 0.3) is 0 Å². The Balaban J connectivity index is 2.97. The van der Waals surface area contributed by atoms with E-state index in [2.05, 4.69) is 0 Å². The zero-order valence-corrected chi connectivity index (χ0v) is 10.8. The van der Waals surface area contributed by atoms with Gasteiger partial charge >= 0.3 is 5.97 Å². The van der Waals surface area contributed by atoms with Crippen LogP contribution in [0.1, 0.15) is 6.42 Å².